The Labute approximate surface area is 84.4 Å². The molecule has 0 bridgehead atoms. The minimum absolute atomic E-state index is 0.319. The number of ether oxygens (including phenoxy) is 1. The summed E-state index contributed by atoms with van der Waals surface area (Å²) in [5, 5.41) is 8.81. The van der Waals surface area contributed by atoms with Gasteiger partial charge >= 0.3 is 5.97 Å². The summed E-state index contributed by atoms with van der Waals surface area (Å²) >= 11 is 0. The minimum atomic E-state index is -0.970. The van der Waals surface area contributed by atoms with E-state index in [1.165, 1.54) is 6.42 Å². The van der Waals surface area contributed by atoms with Crippen LogP contribution in [0.3, 0.4) is 0 Å². The molecule has 0 aromatic rings. The maximum absolute atomic E-state index is 10.7. The van der Waals surface area contributed by atoms with Crippen molar-refractivity contribution < 1.29 is 14.6 Å². The second-order valence-electron chi connectivity index (χ2n) is 3.96. The Morgan fingerprint density at radius 1 is 1.43 bits per heavy atom. The van der Waals surface area contributed by atoms with Crippen LogP contribution in [0.5, 0.6) is 0 Å². The van der Waals surface area contributed by atoms with E-state index in [-0.39, 0.29) is 6.10 Å². The number of aliphatic carboxylic acids is 1. The van der Waals surface area contributed by atoms with Crippen LogP contribution in [0, 0.1) is 5.92 Å². The van der Waals surface area contributed by atoms with Gasteiger partial charge in [-0.3, -0.25) is 4.79 Å². The Hall–Kier alpha value is -0.610. The van der Waals surface area contributed by atoms with E-state index in [1.807, 2.05) is 0 Å². The van der Waals surface area contributed by atoms with Crippen molar-refractivity contribution in [2.45, 2.75) is 44.2 Å². The summed E-state index contributed by atoms with van der Waals surface area (Å²) in [5.74, 6) is -0.651. The Morgan fingerprint density at radius 2 is 2.00 bits per heavy atom. The summed E-state index contributed by atoms with van der Waals surface area (Å²) in [7, 11) is 1.54. The Bertz CT molecular complexity index is 190. The van der Waals surface area contributed by atoms with E-state index in [4.69, 9.17) is 15.6 Å². The number of carbonyl (C=O) groups is 1. The quantitative estimate of drug-likeness (QED) is 0.711. The zero-order valence-electron chi connectivity index (χ0n) is 8.61. The summed E-state index contributed by atoms with van der Waals surface area (Å²) in [6.07, 6.45) is 5.33. The van der Waals surface area contributed by atoms with Crippen LogP contribution in [0.1, 0.15) is 32.1 Å². The molecule has 3 N–H and O–H groups in total. The fourth-order valence-electron chi connectivity index (χ4n) is 2.24. The highest BCUT2D eigenvalue weighted by atomic mass is 16.5. The van der Waals surface area contributed by atoms with Gasteiger partial charge in [-0.2, -0.15) is 0 Å². The largest absolute Gasteiger partial charge is 0.480 e. The molecule has 0 aromatic heterocycles. The first-order chi connectivity index (χ1) is 6.66. The molecule has 0 radical (unpaired) electrons. The van der Waals surface area contributed by atoms with Crippen molar-refractivity contribution in [2.75, 3.05) is 7.11 Å². The summed E-state index contributed by atoms with van der Waals surface area (Å²) in [4.78, 5) is 10.7. The molecule has 1 aliphatic rings. The molecule has 2 unspecified atom stereocenters. The number of methoxy groups -OCH3 is 1. The predicted molar refractivity (Wildman–Crippen MR) is 53.0 cm³/mol. The van der Waals surface area contributed by atoms with Gasteiger partial charge in [0, 0.05) is 7.11 Å². The molecular formula is C10H19NO3. The molecule has 0 saturated heterocycles. The molecule has 2 atom stereocenters. The van der Waals surface area contributed by atoms with Gasteiger partial charge in [0.15, 0.2) is 0 Å². The molecule has 1 saturated carbocycles. The standard InChI is InChI=1S/C10H19NO3/c1-14-9(8(11)10(12)13)7-5-3-2-4-6-7/h7-9H,2-6,11H2,1H3,(H,12,13). The monoisotopic (exact) mass is 201 g/mol. The smallest absolute Gasteiger partial charge is 0.323 e. The molecule has 1 aliphatic carbocycles. The fourth-order valence-corrected chi connectivity index (χ4v) is 2.24. The molecule has 0 amide bonds. The number of hydrogen-bond acceptors (Lipinski definition) is 3. The normalized spacial score (nSPS) is 23.0. The zero-order chi connectivity index (χ0) is 10.6. The van der Waals surface area contributed by atoms with Gasteiger partial charge in [0.1, 0.15) is 6.04 Å². The van der Waals surface area contributed by atoms with Crippen molar-refractivity contribution in [1.82, 2.24) is 0 Å². The Morgan fingerprint density at radius 3 is 2.43 bits per heavy atom. The van der Waals surface area contributed by atoms with Gasteiger partial charge in [0.2, 0.25) is 0 Å². The second kappa shape index (κ2) is 5.32. The summed E-state index contributed by atoms with van der Waals surface area (Å²) in [5.41, 5.74) is 5.58. The number of carboxylic acids is 1. The van der Waals surface area contributed by atoms with E-state index in [1.54, 1.807) is 7.11 Å². The van der Waals surface area contributed by atoms with Crippen LogP contribution in [0.2, 0.25) is 0 Å². The first-order valence-corrected chi connectivity index (χ1v) is 5.18. The molecule has 14 heavy (non-hydrogen) atoms. The fraction of sp³-hybridized carbons (Fsp3) is 0.900. The van der Waals surface area contributed by atoms with Crippen LogP contribution in [-0.2, 0) is 9.53 Å². The average molecular weight is 201 g/mol. The van der Waals surface area contributed by atoms with Gasteiger partial charge in [0.05, 0.1) is 6.10 Å². The van der Waals surface area contributed by atoms with Gasteiger partial charge in [-0.1, -0.05) is 19.3 Å². The van der Waals surface area contributed by atoms with Crippen molar-refractivity contribution in [3.8, 4) is 0 Å². The van der Waals surface area contributed by atoms with E-state index in [9.17, 15) is 4.79 Å². The molecule has 0 spiro atoms. The first kappa shape index (κ1) is 11.5. The molecule has 0 heterocycles. The minimum Gasteiger partial charge on any atom is -0.480 e. The van der Waals surface area contributed by atoms with Crippen molar-refractivity contribution in [3.05, 3.63) is 0 Å². The van der Waals surface area contributed by atoms with Gasteiger partial charge in [-0.25, -0.2) is 0 Å². The Kier molecular flexibility index (Phi) is 4.35. The molecule has 4 heteroatoms. The molecule has 1 fully saturated rings. The average Bonchev–Trinajstić information content (AvgIpc) is 2.20. The summed E-state index contributed by atoms with van der Waals surface area (Å²) < 4.78 is 5.21. The van der Waals surface area contributed by atoms with Crippen molar-refractivity contribution in [2.24, 2.45) is 11.7 Å². The summed E-state index contributed by atoms with van der Waals surface area (Å²) in [6, 6.07) is -0.886. The lowest BCUT2D eigenvalue weighted by Crippen LogP contribution is -2.47. The highest BCUT2D eigenvalue weighted by Gasteiger charge is 2.32. The molecular weight excluding hydrogens is 182 g/mol. The maximum atomic E-state index is 10.7. The highest BCUT2D eigenvalue weighted by molar-refractivity contribution is 5.74. The lowest BCUT2D eigenvalue weighted by atomic mass is 9.82. The number of hydrogen-bond donors (Lipinski definition) is 2. The third-order valence-electron chi connectivity index (χ3n) is 3.03. The van der Waals surface area contributed by atoms with Crippen LogP contribution in [0.25, 0.3) is 0 Å². The van der Waals surface area contributed by atoms with Gasteiger partial charge < -0.3 is 15.6 Å². The van der Waals surface area contributed by atoms with Crippen molar-refractivity contribution in [1.29, 1.82) is 0 Å². The lowest BCUT2D eigenvalue weighted by Gasteiger charge is -2.31. The molecule has 82 valence electrons. The molecule has 0 aliphatic heterocycles. The van der Waals surface area contributed by atoms with Crippen LogP contribution >= 0.6 is 0 Å². The van der Waals surface area contributed by atoms with Crippen molar-refractivity contribution >= 4 is 5.97 Å². The zero-order valence-corrected chi connectivity index (χ0v) is 8.61. The SMILES string of the molecule is COC(C1CCCCC1)C(N)C(=O)O. The van der Waals surface area contributed by atoms with Crippen LogP contribution in [0.4, 0.5) is 0 Å². The van der Waals surface area contributed by atoms with E-state index >= 15 is 0 Å². The maximum Gasteiger partial charge on any atom is 0.323 e. The predicted octanol–water partition coefficient (Wildman–Crippen LogP) is 0.994. The number of rotatable bonds is 4. The molecule has 1 rings (SSSR count). The third-order valence-corrected chi connectivity index (χ3v) is 3.03. The number of carboxylic acid groups (broad SMARTS) is 1. The van der Waals surface area contributed by atoms with E-state index in [0.717, 1.165) is 25.7 Å². The van der Waals surface area contributed by atoms with E-state index in [2.05, 4.69) is 0 Å². The number of nitrogens with two attached hydrogens (primary N) is 1. The highest BCUT2D eigenvalue weighted by Crippen LogP contribution is 2.28. The van der Waals surface area contributed by atoms with E-state index in [0.29, 0.717) is 5.92 Å². The van der Waals surface area contributed by atoms with Crippen LogP contribution < -0.4 is 5.73 Å². The lowest BCUT2D eigenvalue weighted by molar-refractivity contribution is -0.143. The van der Waals surface area contributed by atoms with Gasteiger partial charge in [-0.05, 0) is 18.8 Å². The van der Waals surface area contributed by atoms with Crippen LogP contribution in [0.15, 0.2) is 0 Å². The van der Waals surface area contributed by atoms with Gasteiger partial charge in [0.25, 0.3) is 0 Å². The summed E-state index contributed by atoms with van der Waals surface area (Å²) in [6.45, 7) is 0. The van der Waals surface area contributed by atoms with Crippen LogP contribution in [-0.4, -0.2) is 30.3 Å². The van der Waals surface area contributed by atoms with Gasteiger partial charge in [-0.15, -0.1) is 0 Å². The molecule has 4 nitrogen and oxygen atoms in total. The second-order valence-corrected chi connectivity index (χ2v) is 3.96. The first-order valence-electron chi connectivity index (χ1n) is 5.18. The van der Waals surface area contributed by atoms with E-state index < -0.39 is 12.0 Å². The molecule has 0 aromatic carbocycles. The van der Waals surface area contributed by atoms with Crippen molar-refractivity contribution in [3.63, 3.8) is 0 Å². The third kappa shape index (κ3) is 2.69. The topological polar surface area (TPSA) is 72.5 Å². The Balaban J connectivity index is 2.55.